The molecular formula is C13H23NS. The Morgan fingerprint density at radius 1 is 1.27 bits per heavy atom. The average Bonchev–Trinajstić information content (AvgIpc) is 2.50. The molecule has 0 aliphatic rings. The van der Waals surface area contributed by atoms with Crippen LogP contribution in [0.2, 0.25) is 0 Å². The quantitative estimate of drug-likeness (QED) is 0.779. The lowest BCUT2D eigenvalue weighted by atomic mass is 10.1. The summed E-state index contributed by atoms with van der Waals surface area (Å²) in [7, 11) is 0. The van der Waals surface area contributed by atoms with Gasteiger partial charge in [0.1, 0.15) is 0 Å². The van der Waals surface area contributed by atoms with Gasteiger partial charge in [0.05, 0.1) is 0 Å². The van der Waals surface area contributed by atoms with E-state index in [1.807, 2.05) is 11.3 Å². The Morgan fingerprint density at radius 2 is 2.00 bits per heavy atom. The third-order valence-electron chi connectivity index (χ3n) is 2.52. The van der Waals surface area contributed by atoms with Gasteiger partial charge in [-0.3, -0.25) is 0 Å². The van der Waals surface area contributed by atoms with Crippen LogP contribution in [0.15, 0.2) is 12.1 Å². The molecule has 0 fully saturated rings. The van der Waals surface area contributed by atoms with E-state index in [0.717, 1.165) is 18.9 Å². The van der Waals surface area contributed by atoms with Crippen molar-refractivity contribution in [2.45, 2.75) is 46.6 Å². The highest BCUT2D eigenvalue weighted by molar-refractivity contribution is 7.11. The Bertz CT molecular complexity index is 278. The van der Waals surface area contributed by atoms with Gasteiger partial charge in [-0.15, -0.1) is 11.3 Å². The number of hydrogen-bond donors (Lipinski definition) is 1. The first-order valence-electron chi connectivity index (χ1n) is 5.86. The lowest BCUT2D eigenvalue weighted by Crippen LogP contribution is -2.29. The fourth-order valence-electron chi connectivity index (χ4n) is 1.59. The molecule has 1 N–H and O–H groups in total. The van der Waals surface area contributed by atoms with Crippen LogP contribution in [0, 0.1) is 12.8 Å². The molecular weight excluding hydrogens is 202 g/mol. The van der Waals surface area contributed by atoms with E-state index in [9.17, 15) is 0 Å². The second kappa shape index (κ2) is 6.29. The van der Waals surface area contributed by atoms with Gasteiger partial charge in [0.2, 0.25) is 0 Å². The fraction of sp³-hybridized carbons (Fsp3) is 0.692. The van der Waals surface area contributed by atoms with Gasteiger partial charge in [-0.2, -0.15) is 0 Å². The molecule has 1 heterocycles. The van der Waals surface area contributed by atoms with Gasteiger partial charge in [-0.25, -0.2) is 0 Å². The lowest BCUT2D eigenvalue weighted by molar-refractivity contribution is 0.487. The van der Waals surface area contributed by atoms with Gasteiger partial charge < -0.3 is 5.32 Å². The normalized spacial score (nSPS) is 13.4. The van der Waals surface area contributed by atoms with Crippen molar-refractivity contribution in [1.29, 1.82) is 0 Å². The molecule has 1 aromatic rings. The predicted molar refractivity (Wildman–Crippen MR) is 69.7 cm³/mol. The fourth-order valence-corrected chi connectivity index (χ4v) is 2.61. The molecule has 0 aliphatic heterocycles. The zero-order chi connectivity index (χ0) is 11.3. The van der Waals surface area contributed by atoms with Gasteiger partial charge in [0.15, 0.2) is 0 Å². The molecule has 0 spiro atoms. The lowest BCUT2D eigenvalue weighted by Gasteiger charge is -2.13. The first-order valence-corrected chi connectivity index (χ1v) is 6.68. The van der Waals surface area contributed by atoms with E-state index >= 15 is 0 Å². The topological polar surface area (TPSA) is 12.0 Å². The molecule has 1 nitrogen and oxygen atoms in total. The SMILES string of the molecule is Cc1ccc(CC(C)NCCC(C)C)s1. The summed E-state index contributed by atoms with van der Waals surface area (Å²) in [5, 5.41) is 3.58. The van der Waals surface area contributed by atoms with E-state index in [2.05, 4.69) is 45.1 Å². The number of aryl methyl sites for hydroxylation is 1. The molecule has 0 radical (unpaired) electrons. The zero-order valence-corrected chi connectivity index (χ0v) is 11.2. The smallest absolute Gasteiger partial charge is 0.00870 e. The zero-order valence-electron chi connectivity index (χ0n) is 10.3. The summed E-state index contributed by atoms with van der Waals surface area (Å²) in [4.78, 5) is 2.91. The molecule has 0 saturated carbocycles. The molecule has 0 amide bonds. The Hall–Kier alpha value is -0.340. The maximum Gasteiger partial charge on any atom is 0.00870 e. The van der Waals surface area contributed by atoms with Crippen molar-refractivity contribution in [2.24, 2.45) is 5.92 Å². The summed E-state index contributed by atoms with van der Waals surface area (Å²) >= 11 is 1.92. The number of nitrogens with one attached hydrogen (secondary N) is 1. The van der Waals surface area contributed by atoms with Crippen molar-refractivity contribution in [1.82, 2.24) is 5.32 Å². The van der Waals surface area contributed by atoms with Crippen LogP contribution in [0.4, 0.5) is 0 Å². The number of thiophene rings is 1. The summed E-state index contributed by atoms with van der Waals surface area (Å²) < 4.78 is 0. The Kier molecular flexibility index (Phi) is 5.34. The predicted octanol–water partition coefficient (Wildman–Crippen LogP) is 3.62. The first-order chi connectivity index (χ1) is 7.08. The first kappa shape index (κ1) is 12.7. The highest BCUT2D eigenvalue weighted by Gasteiger charge is 2.04. The van der Waals surface area contributed by atoms with Crippen molar-refractivity contribution in [3.63, 3.8) is 0 Å². The molecule has 86 valence electrons. The third-order valence-corrected chi connectivity index (χ3v) is 3.54. The van der Waals surface area contributed by atoms with Crippen LogP contribution < -0.4 is 5.32 Å². The summed E-state index contributed by atoms with van der Waals surface area (Å²) in [5.74, 6) is 0.800. The van der Waals surface area contributed by atoms with E-state index in [4.69, 9.17) is 0 Å². The van der Waals surface area contributed by atoms with E-state index in [-0.39, 0.29) is 0 Å². The Balaban J connectivity index is 2.21. The van der Waals surface area contributed by atoms with E-state index in [1.54, 1.807) is 0 Å². The van der Waals surface area contributed by atoms with Crippen molar-refractivity contribution in [2.75, 3.05) is 6.54 Å². The summed E-state index contributed by atoms with van der Waals surface area (Å²) in [6.07, 6.45) is 2.43. The highest BCUT2D eigenvalue weighted by Crippen LogP contribution is 2.16. The minimum Gasteiger partial charge on any atom is -0.314 e. The van der Waals surface area contributed by atoms with Gasteiger partial charge >= 0.3 is 0 Å². The summed E-state index contributed by atoms with van der Waals surface area (Å²) in [5.41, 5.74) is 0. The molecule has 15 heavy (non-hydrogen) atoms. The molecule has 0 aliphatic carbocycles. The monoisotopic (exact) mass is 225 g/mol. The summed E-state index contributed by atoms with van der Waals surface area (Å²) in [6, 6.07) is 5.06. The van der Waals surface area contributed by atoms with Crippen LogP contribution >= 0.6 is 11.3 Å². The molecule has 2 heteroatoms. The van der Waals surface area contributed by atoms with Crippen LogP contribution in [-0.4, -0.2) is 12.6 Å². The van der Waals surface area contributed by atoms with Crippen LogP contribution in [0.25, 0.3) is 0 Å². The standard InChI is InChI=1S/C13H23NS/c1-10(2)7-8-14-11(3)9-13-6-5-12(4)15-13/h5-6,10-11,14H,7-9H2,1-4H3. The van der Waals surface area contributed by atoms with Crippen LogP contribution in [-0.2, 0) is 6.42 Å². The van der Waals surface area contributed by atoms with Gasteiger partial charge in [0, 0.05) is 15.8 Å². The summed E-state index contributed by atoms with van der Waals surface area (Å²) in [6.45, 7) is 10.1. The van der Waals surface area contributed by atoms with Crippen molar-refractivity contribution in [3.8, 4) is 0 Å². The molecule has 0 bridgehead atoms. The molecule has 1 rings (SSSR count). The molecule has 1 unspecified atom stereocenters. The van der Waals surface area contributed by atoms with Gasteiger partial charge in [-0.1, -0.05) is 13.8 Å². The van der Waals surface area contributed by atoms with Crippen LogP contribution in [0.3, 0.4) is 0 Å². The number of hydrogen-bond acceptors (Lipinski definition) is 2. The van der Waals surface area contributed by atoms with Crippen LogP contribution in [0.1, 0.15) is 36.9 Å². The maximum absolute atomic E-state index is 3.58. The average molecular weight is 225 g/mol. The van der Waals surface area contributed by atoms with Crippen LogP contribution in [0.5, 0.6) is 0 Å². The second-order valence-corrected chi connectivity index (χ2v) is 6.13. The van der Waals surface area contributed by atoms with E-state index < -0.39 is 0 Å². The molecule has 1 atom stereocenters. The highest BCUT2D eigenvalue weighted by atomic mass is 32.1. The van der Waals surface area contributed by atoms with E-state index in [0.29, 0.717) is 6.04 Å². The molecule has 0 saturated heterocycles. The van der Waals surface area contributed by atoms with Gasteiger partial charge in [0.25, 0.3) is 0 Å². The Morgan fingerprint density at radius 3 is 2.53 bits per heavy atom. The largest absolute Gasteiger partial charge is 0.314 e. The van der Waals surface area contributed by atoms with Crippen molar-refractivity contribution in [3.05, 3.63) is 21.9 Å². The molecule has 0 aromatic carbocycles. The Labute approximate surface area is 97.9 Å². The van der Waals surface area contributed by atoms with Crippen molar-refractivity contribution < 1.29 is 0 Å². The van der Waals surface area contributed by atoms with E-state index in [1.165, 1.54) is 16.2 Å². The second-order valence-electron chi connectivity index (χ2n) is 4.75. The molecule has 1 aromatic heterocycles. The minimum absolute atomic E-state index is 0.599. The van der Waals surface area contributed by atoms with Gasteiger partial charge in [-0.05, 0) is 51.3 Å². The van der Waals surface area contributed by atoms with Crippen molar-refractivity contribution >= 4 is 11.3 Å². The number of rotatable bonds is 6. The minimum atomic E-state index is 0.599. The third kappa shape index (κ3) is 5.33. The maximum atomic E-state index is 3.58.